The number of carbonyl (C=O) groups is 1. The van der Waals surface area contributed by atoms with Crippen LogP contribution < -0.4 is 5.32 Å². The van der Waals surface area contributed by atoms with Crippen LogP contribution in [0.5, 0.6) is 0 Å². The van der Waals surface area contributed by atoms with Crippen LogP contribution in [0, 0.1) is 5.92 Å². The second-order valence-electron chi connectivity index (χ2n) is 5.81. The van der Waals surface area contributed by atoms with Crippen molar-refractivity contribution >= 4 is 5.91 Å². The molecule has 0 aromatic carbocycles. The van der Waals surface area contributed by atoms with E-state index in [9.17, 15) is 4.79 Å². The highest BCUT2D eigenvalue weighted by atomic mass is 16.5. The molecule has 0 aromatic rings. The molecule has 18 heavy (non-hydrogen) atoms. The van der Waals surface area contributed by atoms with Gasteiger partial charge in [0.2, 0.25) is 5.91 Å². The maximum atomic E-state index is 11.9. The van der Waals surface area contributed by atoms with Crippen molar-refractivity contribution in [1.29, 1.82) is 0 Å². The van der Waals surface area contributed by atoms with Gasteiger partial charge in [-0.1, -0.05) is 13.8 Å². The Morgan fingerprint density at radius 2 is 1.89 bits per heavy atom. The average molecular weight is 256 g/mol. The molecule has 0 aliphatic carbocycles. The molecule has 1 aliphatic rings. The Morgan fingerprint density at radius 1 is 1.28 bits per heavy atom. The molecule has 1 heterocycles. The van der Waals surface area contributed by atoms with Gasteiger partial charge in [0.05, 0.1) is 6.54 Å². The van der Waals surface area contributed by atoms with E-state index in [2.05, 4.69) is 37.9 Å². The third-order valence-corrected chi connectivity index (χ3v) is 3.36. The van der Waals surface area contributed by atoms with Crippen LogP contribution in [-0.4, -0.2) is 49.2 Å². The van der Waals surface area contributed by atoms with Crippen molar-refractivity contribution < 1.29 is 9.53 Å². The minimum absolute atomic E-state index is 0.142. The predicted octanol–water partition coefficient (Wildman–Crippen LogP) is 1.65. The van der Waals surface area contributed by atoms with E-state index in [0.29, 0.717) is 24.5 Å². The third kappa shape index (κ3) is 5.36. The molecule has 0 bridgehead atoms. The molecule has 0 atom stereocenters. The van der Waals surface area contributed by atoms with Crippen molar-refractivity contribution in [2.45, 2.75) is 52.6 Å². The molecule has 0 aromatic heterocycles. The maximum Gasteiger partial charge on any atom is 0.234 e. The minimum atomic E-state index is 0.142. The highest BCUT2D eigenvalue weighted by Gasteiger charge is 2.25. The molecule has 1 saturated heterocycles. The molecule has 4 heteroatoms. The number of nitrogens with zero attached hydrogens (tertiary/aromatic N) is 1. The Balaban J connectivity index is 2.43. The van der Waals surface area contributed by atoms with E-state index in [1.807, 2.05) is 0 Å². The summed E-state index contributed by atoms with van der Waals surface area (Å²) >= 11 is 0. The van der Waals surface area contributed by atoms with Crippen LogP contribution in [0.2, 0.25) is 0 Å². The number of amides is 1. The number of hydrogen-bond donors (Lipinski definition) is 1. The number of ether oxygens (including phenoxy) is 1. The van der Waals surface area contributed by atoms with Crippen LogP contribution >= 0.6 is 0 Å². The van der Waals surface area contributed by atoms with Gasteiger partial charge in [-0.25, -0.2) is 0 Å². The summed E-state index contributed by atoms with van der Waals surface area (Å²) in [6.07, 6.45) is 2.07. The Hall–Kier alpha value is -0.610. The van der Waals surface area contributed by atoms with Gasteiger partial charge in [0.1, 0.15) is 0 Å². The highest BCUT2D eigenvalue weighted by Crippen LogP contribution is 2.16. The summed E-state index contributed by atoms with van der Waals surface area (Å²) in [5.74, 6) is 0.647. The largest absolute Gasteiger partial charge is 0.381 e. The SMILES string of the molecule is CC(C)CNC(=O)CN(C(C)C)C1CCOCC1. The first-order chi connectivity index (χ1) is 8.50. The van der Waals surface area contributed by atoms with Crippen molar-refractivity contribution in [2.75, 3.05) is 26.3 Å². The number of rotatable bonds is 6. The van der Waals surface area contributed by atoms with E-state index in [1.54, 1.807) is 0 Å². The van der Waals surface area contributed by atoms with Gasteiger partial charge in [-0.05, 0) is 32.6 Å². The van der Waals surface area contributed by atoms with Gasteiger partial charge in [0, 0.05) is 31.8 Å². The normalized spacial score (nSPS) is 17.7. The van der Waals surface area contributed by atoms with Crippen molar-refractivity contribution in [3.63, 3.8) is 0 Å². The second-order valence-corrected chi connectivity index (χ2v) is 5.81. The number of carbonyl (C=O) groups excluding carboxylic acids is 1. The Labute approximate surface area is 111 Å². The molecular formula is C14H28N2O2. The quantitative estimate of drug-likeness (QED) is 0.785. The summed E-state index contributed by atoms with van der Waals surface area (Å²) in [7, 11) is 0. The zero-order valence-corrected chi connectivity index (χ0v) is 12.2. The molecule has 0 unspecified atom stereocenters. The lowest BCUT2D eigenvalue weighted by Gasteiger charge is -2.36. The van der Waals surface area contributed by atoms with Crippen LogP contribution in [-0.2, 0) is 9.53 Å². The molecule has 0 radical (unpaired) electrons. The Kier molecular flexibility index (Phi) is 6.65. The van der Waals surface area contributed by atoms with E-state index in [1.165, 1.54) is 0 Å². The third-order valence-electron chi connectivity index (χ3n) is 3.36. The lowest BCUT2D eigenvalue weighted by atomic mass is 10.1. The second kappa shape index (κ2) is 7.74. The zero-order chi connectivity index (χ0) is 13.5. The van der Waals surface area contributed by atoms with Gasteiger partial charge in [-0.3, -0.25) is 9.69 Å². The summed E-state index contributed by atoms with van der Waals surface area (Å²) < 4.78 is 5.39. The van der Waals surface area contributed by atoms with E-state index in [4.69, 9.17) is 4.74 Å². The molecule has 1 N–H and O–H groups in total. The first-order valence-corrected chi connectivity index (χ1v) is 7.11. The van der Waals surface area contributed by atoms with Gasteiger partial charge in [-0.2, -0.15) is 0 Å². The monoisotopic (exact) mass is 256 g/mol. The Bertz CT molecular complexity index is 248. The maximum absolute atomic E-state index is 11.9. The molecule has 1 aliphatic heterocycles. The summed E-state index contributed by atoms with van der Waals surface area (Å²) in [6.45, 7) is 11.4. The lowest BCUT2D eigenvalue weighted by Crippen LogP contribution is -2.48. The zero-order valence-electron chi connectivity index (χ0n) is 12.2. The Morgan fingerprint density at radius 3 is 2.39 bits per heavy atom. The van der Waals surface area contributed by atoms with Crippen LogP contribution in [0.25, 0.3) is 0 Å². The summed E-state index contributed by atoms with van der Waals surface area (Å²) in [5.41, 5.74) is 0. The molecule has 106 valence electrons. The fourth-order valence-corrected chi connectivity index (χ4v) is 2.29. The summed E-state index contributed by atoms with van der Waals surface area (Å²) in [6, 6.07) is 0.890. The van der Waals surface area contributed by atoms with Gasteiger partial charge in [0.15, 0.2) is 0 Å². The lowest BCUT2D eigenvalue weighted by molar-refractivity contribution is -0.124. The van der Waals surface area contributed by atoms with E-state index >= 15 is 0 Å². The molecular weight excluding hydrogens is 228 g/mol. The molecule has 1 amide bonds. The van der Waals surface area contributed by atoms with Crippen LogP contribution in [0.4, 0.5) is 0 Å². The number of hydrogen-bond acceptors (Lipinski definition) is 3. The van der Waals surface area contributed by atoms with E-state index in [-0.39, 0.29) is 5.91 Å². The van der Waals surface area contributed by atoms with Crippen molar-refractivity contribution in [3.05, 3.63) is 0 Å². The smallest absolute Gasteiger partial charge is 0.234 e. The van der Waals surface area contributed by atoms with E-state index < -0.39 is 0 Å². The highest BCUT2D eigenvalue weighted by molar-refractivity contribution is 5.78. The number of nitrogens with one attached hydrogen (secondary N) is 1. The topological polar surface area (TPSA) is 41.6 Å². The average Bonchev–Trinajstić information content (AvgIpc) is 2.34. The molecule has 0 saturated carbocycles. The van der Waals surface area contributed by atoms with Crippen molar-refractivity contribution in [3.8, 4) is 0 Å². The fourth-order valence-electron chi connectivity index (χ4n) is 2.29. The van der Waals surface area contributed by atoms with Gasteiger partial charge >= 0.3 is 0 Å². The van der Waals surface area contributed by atoms with Crippen molar-refractivity contribution in [1.82, 2.24) is 10.2 Å². The van der Waals surface area contributed by atoms with Crippen LogP contribution in [0.3, 0.4) is 0 Å². The summed E-state index contributed by atoms with van der Waals surface area (Å²) in [5, 5.41) is 2.99. The molecule has 1 fully saturated rings. The first kappa shape index (κ1) is 15.4. The van der Waals surface area contributed by atoms with E-state index in [0.717, 1.165) is 32.6 Å². The first-order valence-electron chi connectivity index (χ1n) is 7.11. The van der Waals surface area contributed by atoms with Gasteiger partial charge in [-0.15, -0.1) is 0 Å². The predicted molar refractivity (Wildman–Crippen MR) is 73.5 cm³/mol. The molecule has 0 spiro atoms. The molecule has 1 rings (SSSR count). The minimum Gasteiger partial charge on any atom is -0.381 e. The van der Waals surface area contributed by atoms with Gasteiger partial charge in [0.25, 0.3) is 0 Å². The fraction of sp³-hybridized carbons (Fsp3) is 0.929. The standard InChI is InChI=1S/C14H28N2O2/c1-11(2)9-15-14(17)10-16(12(3)4)13-5-7-18-8-6-13/h11-13H,5-10H2,1-4H3,(H,15,17). The van der Waals surface area contributed by atoms with Crippen LogP contribution in [0.15, 0.2) is 0 Å². The van der Waals surface area contributed by atoms with Gasteiger partial charge < -0.3 is 10.1 Å². The van der Waals surface area contributed by atoms with Crippen LogP contribution in [0.1, 0.15) is 40.5 Å². The molecule has 4 nitrogen and oxygen atoms in total. The summed E-state index contributed by atoms with van der Waals surface area (Å²) in [4.78, 5) is 14.2. The van der Waals surface area contributed by atoms with Crippen molar-refractivity contribution in [2.24, 2.45) is 5.92 Å².